The second-order valence-electron chi connectivity index (χ2n) is 9.98. The number of ketones is 1. The predicted molar refractivity (Wildman–Crippen MR) is 135 cm³/mol. The maximum atomic E-state index is 13.1. The molecule has 0 saturated carbocycles. The molecule has 1 amide bonds. The van der Waals surface area contributed by atoms with Crippen molar-refractivity contribution in [2.75, 3.05) is 6.61 Å². The van der Waals surface area contributed by atoms with Gasteiger partial charge in [0.1, 0.15) is 11.9 Å². The van der Waals surface area contributed by atoms with Gasteiger partial charge in [0.2, 0.25) is 5.91 Å². The minimum absolute atomic E-state index is 0.212. The number of halogens is 2. The molecule has 196 valence electrons. The number of thiazole rings is 1. The molecule has 0 bridgehead atoms. The summed E-state index contributed by atoms with van der Waals surface area (Å²) in [6.45, 7) is 8.51. The third kappa shape index (κ3) is 6.83. The van der Waals surface area contributed by atoms with Gasteiger partial charge in [-0.2, -0.15) is 0 Å². The summed E-state index contributed by atoms with van der Waals surface area (Å²) in [5, 5.41) is 26.5. The number of epoxide rings is 1. The first-order chi connectivity index (χ1) is 16.2. The number of ether oxygens (including phenoxy) is 2. The van der Waals surface area contributed by atoms with Crippen molar-refractivity contribution in [3.05, 3.63) is 21.1 Å². The Morgan fingerprint density at radius 1 is 1.31 bits per heavy atom. The lowest BCUT2D eigenvalue weighted by molar-refractivity contribution is -0.146. The van der Waals surface area contributed by atoms with Crippen molar-refractivity contribution in [3.8, 4) is 0 Å². The molecule has 0 spiro atoms. The van der Waals surface area contributed by atoms with Crippen molar-refractivity contribution in [2.45, 2.75) is 89.4 Å². The maximum absolute atomic E-state index is 13.1. The average molecular weight is 550 g/mol. The smallest absolute Gasteiger partial charge is 0.223 e. The number of nitrogens with one attached hydrogen (secondary N) is 1. The molecule has 35 heavy (non-hydrogen) atoms. The lowest BCUT2D eigenvalue weighted by Gasteiger charge is -2.34. The fraction of sp³-hybridized carbons (Fsp3) is 0.708. The molecule has 2 aliphatic rings. The minimum Gasteiger partial charge on any atom is -0.392 e. The van der Waals surface area contributed by atoms with Crippen LogP contribution in [0.3, 0.4) is 0 Å². The van der Waals surface area contributed by atoms with Crippen molar-refractivity contribution >= 4 is 52.3 Å². The number of rotatable bonds is 2. The minimum atomic E-state index is -1.28. The molecule has 0 aromatic carbocycles. The van der Waals surface area contributed by atoms with Gasteiger partial charge in [-0.15, -0.1) is 11.3 Å². The van der Waals surface area contributed by atoms with Crippen molar-refractivity contribution < 1.29 is 29.3 Å². The maximum Gasteiger partial charge on any atom is 0.223 e. The summed E-state index contributed by atoms with van der Waals surface area (Å²) in [5.41, 5.74) is -0.596. The Morgan fingerprint density at radius 3 is 2.63 bits per heavy atom. The predicted octanol–water partition coefficient (Wildman–Crippen LogP) is 3.39. The highest BCUT2D eigenvalue weighted by Crippen LogP contribution is 2.47. The van der Waals surface area contributed by atoms with Crippen LogP contribution in [-0.4, -0.2) is 69.0 Å². The Bertz CT molecular complexity index is 970. The van der Waals surface area contributed by atoms with Gasteiger partial charge in [-0.05, 0) is 19.9 Å². The van der Waals surface area contributed by atoms with Gasteiger partial charge in [0, 0.05) is 29.2 Å². The van der Waals surface area contributed by atoms with Crippen LogP contribution in [0.5, 0.6) is 0 Å². The van der Waals surface area contributed by atoms with E-state index in [1.54, 1.807) is 33.8 Å². The number of aliphatic hydroxyl groups is 2. The van der Waals surface area contributed by atoms with Gasteiger partial charge >= 0.3 is 0 Å². The average Bonchev–Trinajstić information content (AvgIpc) is 3.22. The van der Waals surface area contributed by atoms with E-state index >= 15 is 0 Å². The monoisotopic (exact) mass is 548 g/mol. The molecule has 0 unspecified atom stereocenters. The lowest BCUT2D eigenvalue weighted by Crippen LogP contribution is -2.48. The first-order valence-electron chi connectivity index (χ1n) is 11.7. The molecule has 0 radical (unpaired) electrons. The van der Waals surface area contributed by atoms with Crippen LogP contribution >= 0.6 is 34.5 Å². The number of aliphatic hydroxyl groups excluding tert-OH is 2. The molecule has 2 aliphatic heterocycles. The summed E-state index contributed by atoms with van der Waals surface area (Å²) < 4.78 is 11.5. The molecule has 11 heteroatoms. The van der Waals surface area contributed by atoms with Gasteiger partial charge < -0.3 is 25.0 Å². The second-order valence-corrected chi connectivity index (χ2v) is 12.1. The molecule has 1 aromatic heterocycles. The molecule has 0 aliphatic carbocycles. The summed E-state index contributed by atoms with van der Waals surface area (Å²) >= 11 is 14.7. The van der Waals surface area contributed by atoms with Gasteiger partial charge in [0.25, 0.3) is 0 Å². The van der Waals surface area contributed by atoms with Crippen molar-refractivity contribution in [1.29, 1.82) is 0 Å². The van der Waals surface area contributed by atoms with E-state index in [1.165, 1.54) is 11.3 Å². The van der Waals surface area contributed by atoms with E-state index in [2.05, 4.69) is 10.3 Å². The van der Waals surface area contributed by atoms with Crippen LogP contribution in [0.1, 0.15) is 57.7 Å². The van der Waals surface area contributed by atoms with E-state index in [1.807, 2.05) is 12.3 Å². The van der Waals surface area contributed by atoms with Crippen LogP contribution in [0.15, 0.2) is 10.4 Å². The quantitative estimate of drug-likeness (QED) is 0.382. The zero-order valence-electron chi connectivity index (χ0n) is 20.6. The number of alkyl halides is 1. The Labute approximate surface area is 220 Å². The number of Topliss-reactive ketones (excluding diaryl/α,β-unsaturated/α-hetero) is 1. The molecule has 1 aromatic rings. The zero-order valence-corrected chi connectivity index (χ0v) is 22.9. The van der Waals surface area contributed by atoms with E-state index in [0.717, 1.165) is 5.01 Å². The van der Waals surface area contributed by atoms with Crippen LogP contribution < -0.4 is 5.32 Å². The number of amides is 1. The van der Waals surface area contributed by atoms with Gasteiger partial charge in [-0.3, -0.25) is 9.59 Å². The standard InChI is InChI=1S/C24H34Cl2N2O6S/c1-12-21(31)13(2)33-7-6-24(26)19(34-24)9-17(16(25)8-15-11-35-14(3)27-15)28-20(30)10-18(29)23(4,5)22(12)32/h8,11-13,17-19,21,29,31H,6-7,9-10H2,1-5H3,(H,28,30)/t12-,13+,17+,18+,19-,21+,24+/m1/s1. The molecular weight excluding hydrogens is 515 g/mol. The summed E-state index contributed by atoms with van der Waals surface area (Å²) in [6, 6.07) is -0.628. The van der Waals surface area contributed by atoms with Crippen LogP contribution in [-0.2, 0) is 19.1 Å². The fourth-order valence-electron chi connectivity index (χ4n) is 4.27. The van der Waals surface area contributed by atoms with Gasteiger partial charge in [-0.1, -0.05) is 44.0 Å². The van der Waals surface area contributed by atoms with Crippen LogP contribution in [0, 0.1) is 18.3 Å². The summed E-state index contributed by atoms with van der Waals surface area (Å²) in [6.07, 6.45) is -1.35. The molecule has 7 atom stereocenters. The first kappa shape index (κ1) is 28.5. The highest BCUT2D eigenvalue weighted by molar-refractivity contribution is 7.09. The molecule has 3 rings (SSSR count). The Morgan fingerprint density at radius 2 is 2.00 bits per heavy atom. The summed E-state index contributed by atoms with van der Waals surface area (Å²) in [5.74, 6) is -1.64. The second kappa shape index (κ2) is 11.1. The molecule has 3 N–H and O–H groups in total. The number of hydrogen-bond acceptors (Lipinski definition) is 8. The molecule has 2 saturated heterocycles. The zero-order chi connectivity index (χ0) is 26.1. The van der Waals surface area contributed by atoms with E-state index < -0.39 is 46.7 Å². The fourth-order valence-corrected chi connectivity index (χ4v) is 5.37. The first-order valence-corrected chi connectivity index (χ1v) is 13.4. The van der Waals surface area contributed by atoms with Crippen molar-refractivity contribution in [2.24, 2.45) is 11.3 Å². The summed E-state index contributed by atoms with van der Waals surface area (Å²) in [7, 11) is 0. The Kier molecular flexibility index (Phi) is 9.06. The van der Waals surface area contributed by atoms with E-state index in [9.17, 15) is 19.8 Å². The SMILES string of the molecule is Cc1nc(C=C(Cl)[C@@H]2C[C@H]3O[C@@]3(Cl)CCO[C@@H](C)[C@@H](O)[C@@H](C)C(=O)C(C)(C)[C@@H](O)CC(=O)N2)cs1. The molecule has 2 fully saturated rings. The summed E-state index contributed by atoms with van der Waals surface area (Å²) in [4.78, 5) is 30.4. The van der Waals surface area contributed by atoms with Crippen LogP contribution in [0.25, 0.3) is 6.08 Å². The molecule has 8 nitrogen and oxygen atoms in total. The number of aromatic nitrogens is 1. The number of hydrogen-bond donors (Lipinski definition) is 3. The highest BCUT2D eigenvalue weighted by Gasteiger charge is 2.55. The van der Waals surface area contributed by atoms with Crippen LogP contribution in [0.2, 0.25) is 0 Å². The molecular formula is C24H34Cl2N2O6S. The third-order valence-corrected chi connectivity index (χ3v) is 8.57. The lowest BCUT2D eigenvalue weighted by atomic mass is 9.74. The Hall–Kier alpha value is -1.07. The van der Waals surface area contributed by atoms with Gasteiger partial charge in [-0.25, -0.2) is 4.98 Å². The highest BCUT2D eigenvalue weighted by atomic mass is 35.5. The van der Waals surface area contributed by atoms with E-state index in [-0.39, 0.29) is 24.9 Å². The normalized spacial score (nSPS) is 37.5. The number of aryl methyl sites for hydroxylation is 1. The number of carbonyl (C=O) groups excluding carboxylic acids is 2. The van der Waals surface area contributed by atoms with E-state index in [4.69, 9.17) is 32.7 Å². The number of nitrogens with zero attached hydrogens (tertiary/aromatic N) is 1. The number of fused-ring (bicyclic) bond motifs is 1. The van der Waals surface area contributed by atoms with E-state index in [0.29, 0.717) is 23.6 Å². The Balaban J connectivity index is 1.85. The van der Waals surface area contributed by atoms with Gasteiger partial charge in [0.15, 0.2) is 5.06 Å². The third-order valence-electron chi connectivity index (χ3n) is 6.88. The van der Waals surface area contributed by atoms with Gasteiger partial charge in [0.05, 0.1) is 53.5 Å². The van der Waals surface area contributed by atoms with Crippen molar-refractivity contribution in [3.63, 3.8) is 0 Å². The topological polar surface area (TPSA) is 121 Å². The largest absolute Gasteiger partial charge is 0.392 e. The number of carbonyl (C=O) groups is 2. The van der Waals surface area contributed by atoms with Crippen LogP contribution in [0.4, 0.5) is 0 Å². The molecule has 3 heterocycles. The van der Waals surface area contributed by atoms with Crippen molar-refractivity contribution in [1.82, 2.24) is 10.3 Å².